The zero-order valence-electron chi connectivity index (χ0n) is 14.9. The van der Waals surface area contributed by atoms with Gasteiger partial charge in [0.15, 0.2) is 0 Å². The number of H-pyrrole nitrogens is 1. The van der Waals surface area contributed by atoms with Gasteiger partial charge in [-0.25, -0.2) is 4.98 Å². The van der Waals surface area contributed by atoms with Gasteiger partial charge in [-0.2, -0.15) is 0 Å². The highest BCUT2D eigenvalue weighted by Gasteiger charge is 2.09. The Morgan fingerprint density at radius 3 is 2.73 bits per heavy atom. The van der Waals surface area contributed by atoms with Gasteiger partial charge in [-0.15, -0.1) is 0 Å². The Labute approximate surface area is 158 Å². The number of carbonyl (C=O) groups excluding carboxylic acids is 1. The summed E-state index contributed by atoms with van der Waals surface area (Å²) in [6.07, 6.45) is 12.7. The molecule has 0 saturated heterocycles. The maximum Gasteiger partial charge on any atom is 0.267 e. The minimum atomic E-state index is -0.0577. The number of hydrogen-bond acceptors (Lipinski definition) is 2. The predicted molar refractivity (Wildman–Crippen MR) is 106 cm³/mol. The van der Waals surface area contributed by atoms with E-state index >= 15 is 0 Å². The van der Waals surface area contributed by atoms with E-state index in [1.807, 2.05) is 43.0 Å². The van der Waals surface area contributed by atoms with Crippen molar-refractivity contribution >= 4 is 28.4 Å². The van der Waals surface area contributed by atoms with Gasteiger partial charge in [0, 0.05) is 41.4 Å². The summed E-state index contributed by atoms with van der Waals surface area (Å²) < 4.78 is 2.12. The molecule has 0 saturated carbocycles. The number of hydrogen-bond donors (Lipinski definition) is 2. The lowest BCUT2D eigenvalue weighted by Crippen LogP contribution is -2.24. The zero-order chi connectivity index (χ0) is 18.2. The van der Waals surface area contributed by atoms with E-state index in [1.54, 1.807) is 0 Å². The van der Waals surface area contributed by atoms with Crippen molar-refractivity contribution in [2.45, 2.75) is 45.1 Å². The van der Waals surface area contributed by atoms with E-state index in [2.05, 4.69) is 19.9 Å². The Bertz CT molecular complexity index is 826. The molecule has 138 valence electrons. The van der Waals surface area contributed by atoms with Crippen LogP contribution in [0, 0.1) is 0 Å². The molecule has 5 nitrogen and oxygen atoms in total. The third-order valence-corrected chi connectivity index (χ3v) is 4.75. The number of carbonyl (C=O) groups is 1. The average molecular weight is 373 g/mol. The van der Waals surface area contributed by atoms with Crippen LogP contribution in [0.2, 0.25) is 5.02 Å². The quantitative estimate of drug-likeness (QED) is 0.502. The Morgan fingerprint density at radius 2 is 1.92 bits per heavy atom. The minimum absolute atomic E-state index is 0.0577. The van der Waals surface area contributed by atoms with Gasteiger partial charge in [0.05, 0.1) is 6.33 Å². The molecule has 1 aromatic carbocycles. The van der Waals surface area contributed by atoms with Crippen LogP contribution >= 0.6 is 11.6 Å². The van der Waals surface area contributed by atoms with Gasteiger partial charge in [-0.1, -0.05) is 37.3 Å². The fourth-order valence-corrected chi connectivity index (χ4v) is 3.25. The third-order valence-electron chi connectivity index (χ3n) is 4.52. The summed E-state index contributed by atoms with van der Waals surface area (Å²) in [5.74, 6) is -0.0577. The number of nitrogens with one attached hydrogen (secondary N) is 2. The van der Waals surface area contributed by atoms with Gasteiger partial charge < -0.3 is 14.9 Å². The standard InChI is InChI=1S/C20H25ClN4O/c21-17-7-8-18-16(13-17)14-19(24-18)20(26)23-9-5-3-1-2-4-6-11-25-12-10-22-15-25/h7-8,10,12-15,24H,1-6,9,11H2,(H,23,26). The normalized spacial score (nSPS) is 11.1. The third kappa shape index (κ3) is 5.36. The molecule has 3 aromatic rings. The lowest BCUT2D eigenvalue weighted by Gasteiger charge is -2.05. The van der Waals surface area contributed by atoms with Gasteiger partial charge in [0.25, 0.3) is 5.91 Å². The summed E-state index contributed by atoms with van der Waals surface area (Å²) in [4.78, 5) is 19.4. The molecule has 0 aliphatic heterocycles. The number of imidazole rings is 1. The molecule has 0 unspecified atom stereocenters. The first-order valence-electron chi connectivity index (χ1n) is 9.24. The van der Waals surface area contributed by atoms with E-state index in [0.29, 0.717) is 17.3 Å². The van der Waals surface area contributed by atoms with Gasteiger partial charge in [0.2, 0.25) is 0 Å². The van der Waals surface area contributed by atoms with Crippen LogP contribution in [0.25, 0.3) is 10.9 Å². The van der Waals surface area contributed by atoms with E-state index < -0.39 is 0 Å². The summed E-state index contributed by atoms with van der Waals surface area (Å²) >= 11 is 5.98. The number of unbranched alkanes of at least 4 members (excludes halogenated alkanes) is 5. The number of benzene rings is 1. The van der Waals surface area contributed by atoms with Gasteiger partial charge in [-0.05, 0) is 37.1 Å². The Balaban J connectivity index is 1.26. The summed E-state index contributed by atoms with van der Waals surface area (Å²) in [6.45, 7) is 1.76. The number of aryl methyl sites for hydroxylation is 1. The number of aromatic amines is 1. The lowest BCUT2D eigenvalue weighted by molar-refractivity contribution is 0.0949. The van der Waals surface area contributed by atoms with Crippen molar-refractivity contribution in [1.82, 2.24) is 19.9 Å². The Hall–Kier alpha value is -2.27. The van der Waals surface area contributed by atoms with Gasteiger partial charge in [-0.3, -0.25) is 4.79 Å². The predicted octanol–water partition coefficient (Wildman–Crippen LogP) is 4.79. The summed E-state index contributed by atoms with van der Waals surface area (Å²) in [6, 6.07) is 7.41. The molecule has 0 atom stereocenters. The second kappa shape index (κ2) is 9.43. The first kappa shape index (κ1) is 18.5. The van der Waals surface area contributed by atoms with Crippen LogP contribution in [0.15, 0.2) is 43.0 Å². The van der Waals surface area contributed by atoms with Crippen molar-refractivity contribution in [3.8, 4) is 0 Å². The fourth-order valence-electron chi connectivity index (χ4n) is 3.07. The molecule has 1 amide bonds. The summed E-state index contributed by atoms with van der Waals surface area (Å²) in [5.41, 5.74) is 1.51. The number of halogens is 1. The molecule has 0 spiro atoms. The SMILES string of the molecule is O=C(NCCCCCCCCn1ccnc1)c1cc2cc(Cl)ccc2[nH]1. The van der Waals surface area contributed by atoms with E-state index in [1.165, 1.54) is 25.7 Å². The fraction of sp³-hybridized carbons (Fsp3) is 0.400. The van der Waals surface area contributed by atoms with Crippen LogP contribution in [0.4, 0.5) is 0 Å². The van der Waals surface area contributed by atoms with E-state index in [0.717, 1.165) is 30.3 Å². The molecule has 2 aromatic heterocycles. The highest BCUT2D eigenvalue weighted by molar-refractivity contribution is 6.31. The van der Waals surface area contributed by atoms with Crippen LogP contribution in [0.1, 0.15) is 49.0 Å². The number of fused-ring (bicyclic) bond motifs is 1. The highest BCUT2D eigenvalue weighted by Crippen LogP contribution is 2.20. The van der Waals surface area contributed by atoms with E-state index in [4.69, 9.17) is 11.6 Å². The number of rotatable bonds is 10. The lowest BCUT2D eigenvalue weighted by atomic mass is 10.1. The number of amides is 1. The monoisotopic (exact) mass is 372 g/mol. The first-order chi connectivity index (χ1) is 12.7. The van der Waals surface area contributed by atoms with Crippen molar-refractivity contribution in [3.05, 3.63) is 53.7 Å². The molecule has 0 bridgehead atoms. The molecule has 0 aliphatic rings. The summed E-state index contributed by atoms with van der Waals surface area (Å²) in [7, 11) is 0. The first-order valence-corrected chi connectivity index (χ1v) is 9.62. The van der Waals surface area contributed by atoms with E-state index in [-0.39, 0.29) is 5.91 Å². The minimum Gasteiger partial charge on any atom is -0.351 e. The molecular formula is C20H25ClN4O. The summed E-state index contributed by atoms with van der Waals surface area (Å²) in [5, 5.41) is 4.61. The second-order valence-corrected chi connectivity index (χ2v) is 7.03. The van der Waals surface area contributed by atoms with Crippen LogP contribution in [0.3, 0.4) is 0 Å². The molecule has 0 radical (unpaired) electrons. The molecule has 2 heterocycles. The van der Waals surface area contributed by atoms with Crippen molar-refractivity contribution in [3.63, 3.8) is 0 Å². The van der Waals surface area contributed by atoms with Crippen LogP contribution in [0.5, 0.6) is 0 Å². The van der Waals surface area contributed by atoms with Crippen LogP contribution < -0.4 is 5.32 Å². The van der Waals surface area contributed by atoms with Crippen LogP contribution in [-0.4, -0.2) is 27.0 Å². The van der Waals surface area contributed by atoms with Crippen molar-refractivity contribution < 1.29 is 4.79 Å². The van der Waals surface area contributed by atoms with Gasteiger partial charge >= 0.3 is 0 Å². The zero-order valence-corrected chi connectivity index (χ0v) is 15.6. The maximum atomic E-state index is 12.2. The molecule has 26 heavy (non-hydrogen) atoms. The van der Waals surface area contributed by atoms with Crippen molar-refractivity contribution in [1.29, 1.82) is 0 Å². The molecule has 2 N–H and O–H groups in total. The maximum absolute atomic E-state index is 12.2. The van der Waals surface area contributed by atoms with Crippen molar-refractivity contribution in [2.75, 3.05) is 6.54 Å². The molecular weight excluding hydrogens is 348 g/mol. The van der Waals surface area contributed by atoms with Gasteiger partial charge in [0.1, 0.15) is 5.69 Å². The molecule has 3 rings (SSSR count). The Morgan fingerprint density at radius 1 is 1.12 bits per heavy atom. The van der Waals surface area contributed by atoms with E-state index in [9.17, 15) is 4.79 Å². The number of aromatic nitrogens is 3. The Kier molecular flexibility index (Phi) is 6.72. The number of nitrogens with zero attached hydrogens (tertiary/aromatic N) is 2. The molecule has 6 heteroatoms. The highest BCUT2D eigenvalue weighted by atomic mass is 35.5. The second-order valence-electron chi connectivity index (χ2n) is 6.59. The topological polar surface area (TPSA) is 62.7 Å². The average Bonchev–Trinajstić information content (AvgIpc) is 3.29. The smallest absolute Gasteiger partial charge is 0.267 e. The van der Waals surface area contributed by atoms with Crippen LogP contribution in [-0.2, 0) is 6.54 Å². The van der Waals surface area contributed by atoms with Crippen molar-refractivity contribution in [2.24, 2.45) is 0 Å². The largest absolute Gasteiger partial charge is 0.351 e. The molecule has 0 fully saturated rings. The molecule has 0 aliphatic carbocycles.